The molecular formula is C5H2FN2O2. The van der Waals surface area contributed by atoms with Crippen molar-refractivity contribution in [2.75, 3.05) is 0 Å². The van der Waals surface area contributed by atoms with Gasteiger partial charge in [0.05, 0.1) is 4.92 Å². The Kier molecular flexibility index (Phi) is 1.57. The van der Waals surface area contributed by atoms with Gasteiger partial charge in [0, 0.05) is 12.3 Å². The molecule has 1 aromatic rings. The molecule has 0 atom stereocenters. The Morgan fingerprint density at radius 3 is 2.90 bits per heavy atom. The van der Waals surface area contributed by atoms with E-state index in [0.717, 1.165) is 12.3 Å². The molecule has 1 radical (unpaired) electrons. The molecule has 0 unspecified atom stereocenters. The van der Waals surface area contributed by atoms with E-state index in [-0.39, 0.29) is 0 Å². The fraction of sp³-hybridized carbons (Fsp3) is 0. The zero-order valence-corrected chi connectivity index (χ0v) is 4.74. The summed E-state index contributed by atoms with van der Waals surface area (Å²) in [5.74, 6) is -1.03. The largest absolute Gasteiger partial charge is 0.308 e. The number of nitrogens with zero attached hydrogens (tertiary/aromatic N) is 2. The second kappa shape index (κ2) is 2.38. The van der Waals surface area contributed by atoms with Crippen molar-refractivity contribution in [3.05, 3.63) is 34.4 Å². The summed E-state index contributed by atoms with van der Waals surface area (Å²) in [5.41, 5.74) is -0.602. The van der Waals surface area contributed by atoms with E-state index in [1.165, 1.54) is 0 Å². The highest BCUT2D eigenvalue weighted by molar-refractivity contribution is 5.26. The molecule has 0 saturated carbocycles. The summed E-state index contributed by atoms with van der Waals surface area (Å²) in [6, 6.07) is 0.978. The molecule has 0 bridgehead atoms. The second-order valence-electron chi connectivity index (χ2n) is 1.51. The predicted molar refractivity (Wildman–Crippen MR) is 29.7 cm³/mol. The van der Waals surface area contributed by atoms with Gasteiger partial charge in [0.1, 0.15) is 6.20 Å². The van der Waals surface area contributed by atoms with Crippen LogP contribution < -0.4 is 0 Å². The van der Waals surface area contributed by atoms with E-state index in [9.17, 15) is 14.5 Å². The molecule has 1 aromatic heterocycles. The van der Waals surface area contributed by atoms with E-state index in [0.29, 0.717) is 0 Å². The van der Waals surface area contributed by atoms with E-state index in [2.05, 4.69) is 4.98 Å². The summed E-state index contributed by atoms with van der Waals surface area (Å²) in [6.07, 6.45) is 2.94. The van der Waals surface area contributed by atoms with Crippen LogP contribution in [0.5, 0.6) is 0 Å². The van der Waals surface area contributed by atoms with Crippen LogP contribution >= 0.6 is 0 Å². The summed E-state index contributed by atoms with van der Waals surface area (Å²) < 4.78 is 12.3. The number of rotatable bonds is 1. The molecule has 0 aromatic carbocycles. The standard InChI is InChI=1S/C5H2FN2O2/c6-4-3-7-2-1-5(4)8(9)10/h1-2H. The van der Waals surface area contributed by atoms with Crippen LogP contribution in [0.2, 0.25) is 0 Å². The smallest absolute Gasteiger partial charge is 0.258 e. The van der Waals surface area contributed by atoms with Crippen LogP contribution in [0.3, 0.4) is 0 Å². The Morgan fingerprint density at radius 1 is 1.80 bits per heavy atom. The van der Waals surface area contributed by atoms with Crippen LogP contribution in [0.15, 0.2) is 12.3 Å². The third kappa shape index (κ3) is 1.07. The van der Waals surface area contributed by atoms with E-state index in [1.54, 1.807) is 0 Å². The van der Waals surface area contributed by atoms with Crippen molar-refractivity contribution in [3.8, 4) is 0 Å². The van der Waals surface area contributed by atoms with Crippen molar-refractivity contribution >= 4 is 5.69 Å². The highest BCUT2D eigenvalue weighted by Crippen LogP contribution is 2.12. The Bertz CT molecular complexity index is 264. The lowest BCUT2D eigenvalue weighted by Gasteiger charge is -1.88. The van der Waals surface area contributed by atoms with Gasteiger partial charge in [-0.2, -0.15) is 4.39 Å². The molecule has 1 rings (SSSR count). The van der Waals surface area contributed by atoms with Crippen LogP contribution in [0.1, 0.15) is 0 Å². The normalized spacial score (nSPS) is 9.30. The molecule has 4 nitrogen and oxygen atoms in total. The fourth-order valence-electron chi connectivity index (χ4n) is 0.473. The minimum Gasteiger partial charge on any atom is -0.258 e. The maximum absolute atomic E-state index is 12.3. The van der Waals surface area contributed by atoms with E-state index < -0.39 is 16.4 Å². The average Bonchev–Trinajstić information content (AvgIpc) is 1.88. The topological polar surface area (TPSA) is 56.0 Å². The Labute approximate surface area is 55.5 Å². The number of hydrogen-bond acceptors (Lipinski definition) is 3. The molecule has 0 saturated heterocycles. The maximum Gasteiger partial charge on any atom is 0.308 e. The molecule has 10 heavy (non-hydrogen) atoms. The highest BCUT2D eigenvalue weighted by atomic mass is 19.1. The van der Waals surface area contributed by atoms with Crippen LogP contribution in [0.4, 0.5) is 10.1 Å². The average molecular weight is 141 g/mol. The van der Waals surface area contributed by atoms with Crippen LogP contribution in [0, 0.1) is 22.1 Å². The maximum atomic E-state index is 12.3. The lowest BCUT2D eigenvalue weighted by molar-refractivity contribution is -0.387. The minimum atomic E-state index is -1.03. The van der Waals surface area contributed by atoms with Crippen LogP contribution in [0.25, 0.3) is 0 Å². The quantitative estimate of drug-likeness (QED) is 0.431. The van der Waals surface area contributed by atoms with Crippen molar-refractivity contribution in [3.63, 3.8) is 0 Å². The monoisotopic (exact) mass is 141 g/mol. The van der Waals surface area contributed by atoms with Gasteiger partial charge in [-0.15, -0.1) is 0 Å². The number of pyridine rings is 1. The lowest BCUT2D eigenvalue weighted by Crippen LogP contribution is -1.92. The minimum absolute atomic E-state index is 0.602. The first-order valence-electron chi connectivity index (χ1n) is 2.38. The van der Waals surface area contributed by atoms with E-state index in [1.807, 2.05) is 6.20 Å². The number of halogens is 1. The van der Waals surface area contributed by atoms with E-state index >= 15 is 0 Å². The highest BCUT2D eigenvalue weighted by Gasteiger charge is 2.11. The summed E-state index contributed by atoms with van der Waals surface area (Å²) >= 11 is 0. The molecule has 0 N–H and O–H groups in total. The SMILES string of the molecule is O=[N+]([O-])c1ccn[c]c1F. The van der Waals surface area contributed by atoms with Gasteiger partial charge in [-0.05, 0) is 0 Å². The molecule has 0 amide bonds. The van der Waals surface area contributed by atoms with Crippen molar-refractivity contribution in [2.45, 2.75) is 0 Å². The number of nitro groups is 1. The van der Waals surface area contributed by atoms with Crippen molar-refractivity contribution in [1.29, 1.82) is 0 Å². The Balaban J connectivity index is 3.15. The molecule has 0 spiro atoms. The van der Waals surface area contributed by atoms with Gasteiger partial charge in [-0.1, -0.05) is 0 Å². The first kappa shape index (κ1) is 6.60. The summed E-state index contributed by atoms with van der Waals surface area (Å²) in [5, 5.41) is 9.94. The zero-order valence-electron chi connectivity index (χ0n) is 4.74. The summed E-state index contributed by atoms with van der Waals surface area (Å²) in [4.78, 5) is 12.3. The Morgan fingerprint density at radius 2 is 2.50 bits per heavy atom. The first-order chi connectivity index (χ1) is 4.72. The van der Waals surface area contributed by atoms with E-state index in [4.69, 9.17) is 0 Å². The molecule has 51 valence electrons. The van der Waals surface area contributed by atoms with Gasteiger partial charge < -0.3 is 0 Å². The molecular weight excluding hydrogens is 139 g/mol. The van der Waals surface area contributed by atoms with Gasteiger partial charge in [-0.25, -0.2) is 0 Å². The lowest BCUT2D eigenvalue weighted by atomic mass is 10.4. The van der Waals surface area contributed by atoms with Crippen LogP contribution in [-0.4, -0.2) is 9.91 Å². The molecule has 0 aliphatic rings. The molecule has 0 fully saturated rings. The predicted octanol–water partition coefficient (Wildman–Crippen LogP) is 0.929. The number of aromatic nitrogens is 1. The summed E-state index contributed by atoms with van der Waals surface area (Å²) in [7, 11) is 0. The van der Waals surface area contributed by atoms with Gasteiger partial charge in [-0.3, -0.25) is 15.1 Å². The third-order valence-electron chi connectivity index (χ3n) is 0.891. The zero-order chi connectivity index (χ0) is 7.56. The second-order valence-corrected chi connectivity index (χ2v) is 1.51. The fourth-order valence-corrected chi connectivity index (χ4v) is 0.473. The number of hydrogen-bond donors (Lipinski definition) is 0. The molecule has 5 heteroatoms. The van der Waals surface area contributed by atoms with Gasteiger partial charge >= 0.3 is 5.69 Å². The third-order valence-corrected chi connectivity index (χ3v) is 0.891. The van der Waals surface area contributed by atoms with Crippen molar-refractivity contribution < 1.29 is 9.31 Å². The molecule has 1 heterocycles. The molecule has 0 aliphatic heterocycles. The van der Waals surface area contributed by atoms with Crippen LogP contribution in [-0.2, 0) is 0 Å². The van der Waals surface area contributed by atoms with Crippen molar-refractivity contribution in [2.24, 2.45) is 0 Å². The summed E-state index contributed by atoms with van der Waals surface area (Å²) in [6.45, 7) is 0. The van der Waals surface area contributed by atoms with Gasteiger partial charge in [0.2, 0.25) is 5.82 Å². The Hall–Kier alpha value is -1.52. The van der Waals surface area contributed by atoms with Gasteiger partial charge in [0.15, 0.2) is 0 Å². The van der Waals surface area contributed by atoms with Crippen molar-refractivity contribution in [1.82, 2.24) is 4.98 Å². The first-order valence-corrected chi connectivity index (χ1v) is 2.38. The van der Waals surface area contributed by atoms with Gasteiger partial charge in [0.25, 0.3) is 0 Å². The molecule has 0 aliphatic carbocycles.